The van der Waals surface area contributed by atoms with E-state index >= 15 is 0 Å². The fourth-order valence-electron chi connectivity index (χ4n) is 5.79. The Morgan fingerprint density at radius 1 is 1.17 bits per heavy atom. The Morgan fingerprint density at radius 2 is 1.62 bits per heavy atom. The molecule has 0 aromatic carbocycles. The summed E-state index contributed by atoms with van der Waals surface area (Å²) >= 11 is 0. The lowest BCUT2D eigenvalue weighted by molar-refractivity contribution is -0.139. The Balaban J connectivity index is 0.000000383. The molecule has 5 rings (SSSR count). The third-order valence-corrected chi connectivity index (χ3v) is 6.08. The summed E-state index contributed by atoms with van der Waals surface area (Å²) in [6, 6.07) is -0.251. The van der Waals surface area contributed by atoms with Crippen molar-refractivity contribution in [2.75, 3.05) is 6.54 Å². The molecular weight excluding hydrogens is 308 g/mol. The van der Waals surface area contributed by atoms with Crippen molar-refractivity contribution in [3.8, 4) is 0 Å². The van der Waals surface area contributed by atoms with Crippen molar-refractivity contribution >= 4 is 17.8 Å². The number of hydrogen-bond acceptors (Lipinski definition) is 4. The standard InChI is InChI=1S/C16H24N2O2.C2H4O2/c1-2-18-14(19)6-13(15(18)20)17-16-7-10-3-11(8-16)5-12(4-10)9-16;1-2(3)4/h10-13,17H,2-9H2,1H3;1H3,(H,3,4). The van der Waals surface area contributed by atoms with E-state index in [-0.39, 0.29) is 23.4 Å². The Morgan fingerprint density at radius 3 is 2.00 bits per heavy atom. The molecule has 5 aliphatic rings. The molecule has 0 radical (unpaired) electrons. The molecular formula is C18H28N2O4. The topological polar surface area (TPSA) is 86.7 Å². The van der Waals surface area contributed by atoms with Crippen molar-refractivity contribution in [1.82, 2.24) is 10.2 Å². The van der Waals surface area contributed by atoms with Crippen molar-refractivity contribution in [1.29, 1.82) is 0 Å². The molecule has 1 aliphatic heterocycles. The third kappa shape index (κ3) is 3.34. The summed E-state index contributed by atoms with van der Waals surface area (Å²) in [7, 11) is 0. The molecule has 6 nitrogen and oxygen atoms in total. The number of carboxylic acids is 1. The highest BCUT2D eigenvalue weighted by Gasteiger charge is 2.53. The molecule has 4 bridgehead atoms. The van der Waals surface area contributed by atoms with Gasteiger partial charge in [0.2, 0.25) is 11.8 Å². The van der Waals surface area contributed by atoms with Gasteiger partial charge in [-0.2, -0.15) is 0 Å². The number of nitrogens with zero attached hydrogens (tertiary/aromatic N) is 1. The zero-order chi connectivity index (χ0) is 17.5. The first-order valence-electron chi connectivity index (χ1n) is 9.13. The van der Waals surface area contributed by atoms with E-state index in [4.69, 9.17) is 9.90 Å². The van der Waals surface area contributed by atoms with Gasteiger partial charge in [0, 0.05) is 19.0 Å². The molecule has 5 fully saturated rings. The zero-order valence-electron chi connectivity index (χ0n) is 14.6. The van der Waals surface area contributed by atoms with Crippen molar-refractivity contribution in [3.05, 3.63) is 0 Å². The predicted molar refractivity (Wildman–Crippen MR) is 88.1 cm³/mol. The van der Waals surface area contributed by atoms with Crippen LogP contribution in [-0.2, 0) is 14.4 Å². The van der Waals surface area contributed by atoms with Crippen LogP contribution in [0, 0.1) is 17.8 Å². The number of amides is 2. The van der Waals surface area contributed by atoms with Crippen molar-refractivity contribution in [2.45, 2.75) is 70.4 Å². The lowest BCUT2D eigenvalue weighted by Gasteiger charge is -2.57. The number of imide groups is 1. The maximum absolute atomic E-state index is 12.3. The van der Waals surface area contributed by atoms with Gasteiger partial charge in [0.25, 0.3) is 5.97 Å². The first-order valence-corrected chi connectivity index (χ1v) is 9.13. The lowest BCUT2D eigenvalue weighted by atomic mass is 9.53. The minimum absolute atomic E-state index is 0.000252. The molecule has 0 aromatic heterocycles. The van der Waals surface area contributed by atoms with Crippen LogP contribution in [0.3, 0.4) is 0 Å². The summed E-state index contributed by atoms with van der Waals surface area (Å²) in [6.07, 6.45) is 8.25. The normalized spacial score (nSPS) is 39.8. The second kappa shape index (κ2) is 6.47. The van der Waals surface area contributed by atoms with E-state index in [1.54, 1.807) is 0 Å². The van der Waals surface area contributed by atoms with Crippen LogP contribution < -0.4 is 5.32 Å². The summed E-state index contributed by atoms with van der Waals surface area (Å²) in [6.45, 7) is 3.47. The summed E-state index contributed by atoms with van der Waals surface area (Å²) < 4.78 is 0. The number of hydrogen-bond donors (Lipinski definition) is 2. The average Bonchev–Trinajstić information content (AvgIpc) is 2.70. The van der Waals surface area contributed by atoms with Gasteiger partial charge in [-0.05, 0) is 63.2 Å². The molecule has 134 valence electrons. The van der Waals surface area contributed by atoms with Crippen molar-refractivity contribution in [2.24, 2.45) is 17.8 Å². The van der Waals surface area contributed by atoms with E-state index in [1.165, 1.54) is 43.4 Å². The van der Waals surface area contributed by atoms with Crippen molar-refractivity contribution in [3.63, 3.8) is 0 Å². The number of carbonyl (C=O) groups is 3. The monoisotopic (exact) mass is 336 g/mol. The Hall–Kier alpha value is -1.43. The molecule has 2 amide bonds. The van der Waals surface area contributed by atoms with Gasteiger partial charge in [0.05, 0.1) is 12.5 Å². The highest BCUT2D eigenvalue weighted by atomic mass is 16.4. The number of aliphatic carboxylic acids is 1. The molecule has 0 spiro atoms. The highest BCUT2D eigenvalue weighted by molar-refractivity contribution is 6.05. The maximum Gasteiger partial charge on any atom is 0.300 e. The number of rotatable bonds is 3. The van der Waals surface area contributed by atoms with Gasteiger partial charge in [-0.3, -0.25) is 24.6 Å². The number of carbonyl (C=O) groups excluding carboxylic acids is 2. The first kappa shape index (κ1) is 17.4. The molecule has 0 aromatic rings. The van der Waals surface area contributed by atoms with Crippen LogP contribution in [0.1, 0.15) is 58.8 Å². The Bertz CT molecular complexity index is 506. The average molecular weight is 336 g/mol. The van der Waals surface area contributed by atoms with Crippen molar-refractivity contribution < 1.29 is 19.5 Å². The molecule has 24 heavy (non-hydrogen) atoms. The number of nitrogens with one attached hydrogen (secondary N) is 1. The van der Waals surface area contributed by atoms with Gasteiger partial charge >= 0.3 is 0 Å². The van der Waals surface area contributed by atoms with E-state index in [9.17, 15) is 9.59 Å². The molecule has 2 N–H and O–H groups in total. The SMILES string of the molecule is CC(=O)O.CCN1C(=O)CC(NC23CC4CC(CC(C4)C2)C3)C1=O. The molecule has 4 saturated carbocycles. The predicted octanol–water partition coefficient (Wildman–Crippen LogP) is 1.78. The van der Waals surface area contributed by atoms with Crippen LogP contribution in [0.4, 0.5) is 0 Å². The van der Waals surface area contributed by atoms with Crippen LogP contribution in [0.15, 0.2) is 0 Å². The van der Waals surface area contributed by atoms with Crippen LogP contribution in [0.2, 0.25) is 0 Å². The highest BCUT2D eigenvalue weighted by Crippen LogP contribution is 2.55. The molecule has 1 atom stereocenters. The van der Waals surface area contributed by atoms with Crippen LogP contribution in [-0.4, -0.2) is 45.9 Å². The second-order valence-corrected chi connectivity index (χ2v) is 8.09. The number of carboxylic acid groups (broad SMARTS) is 1. The van der Waals surface area contributed by atoms with Gasteiger partial charge in [0.1, 0.15) is 0 Å². The van der Waals surface area contributed by atoms with Crippen LogP contribution in [0.5, 0.6) is 0 Å². The van der Waals surface area contributed by atoms with Gasteiger partial charge < -0.3 is 5.11 Å². The van der Waals surface area contributed by atoms with E-state index in [1.807, 2.05) is 6.92 Å². The van der Waals surface area contributed by atoms with Gasteiger partial charge in [0.15, 0.2) is 0 Å². The molecule has 1 saturated heterocycles. The zero-order valence-corrected chi connectivity index (χ0v) is 14.6. The first-order chi connectivity index (χ1) is 11.3. The van der Waals surface area contributed by atoms with Gasteiger partial charge in [-0.15, -0.1) is 0 Å². The molecule has 4 aliphatic carbocycles. The molecule has 6 heteroatoms. The summed E-state index contributed by atoms with van der Waals surface area (Å²) in [5.41, 5.74) is 0.166. The van der Waals surface area contributed by atoms with Gasteiger partial charge in [-0.1, -0.05) is 0 Å². The van der Waals surface area contributed by atoms with Crippen LogP contribution in [0.25, 0.3) is 0 Å². The largest absolute Gasteiger partial charge is 0.481 e. The van der Waals surface area contributed by atoms with Gasteiger partial charge in [-0.25, -0.2) is 0 Å². The lowest BCUT2D eigenvalue weighted by Crippen LogP contribution is -2.61. The summed E-state index contributed by atoms with van der Waals surface area (Å²) in [5.74, 6) is 1.77. The van der Waals surface area contributed by atoms with E-state index in [0.29, 0.717) is 13.0 Å². The Kier molecular flexibility index (Phi) is 4.69. The van der Waals surface area contributed by atoms with E-state index in [0.717, 1.165) is 24.7 Å². The minimum Gasteiger partial charge on any atom is -0.481 e. The second-order valence-electron chi connectivity index (χ2n) is 8.09. The third-order valence-electron chi connectivity index (χ3n) is 6.08. The fourth-order valence-corrected chi connectivity index (χ4v) is 5.79. The molecule has 1 heterocycles. The minimum atomic E-state index is -0.833. The quantitative estimate of drug-likeness (QED) is 0.767. The number of likely N-dealkylation sites (N-methyl/N-ethyl adjacent to an activating group) is 1. The Labute approximate surface area is 143 Å². The summed E-state index contributed by atoms with van der Waals surface area (Å²) in [4.78, 5) is 34.6. The fraction of sp³-hybridized carbons (Fsp3) is 0.833. The van der Waals surface area contributed by atoms with E-state index in [2.05, 4.69) is 5.32 Å². The smallest absolute Gasteiger partial charge is 0.300 e. The molecule has 1 unspecified atom stereocenters. The summed E-state index contributed by atoms with van der Waals surface area (Å²) in [5, 5.41) is 11.1. The number of likely N-dealkylation sites (tertiary alicyclic amines) is 1. The van der Waals surface area contributed by atoms with Crippen LogP contribution >= 0.6 is 0 Å². The maximum atomic E-state index is 12.3. The van der Waals surface area contributed by atoms with E-state index < -0.39 is 5.97 Å².